The van der Waals surface area contributed by atoms with Crippen molar-refractivity contribution < 1.29 is 33.1 Å². The van der Waals surface area contributed by atoms with Gasteiger partial charge in [0.1, 0.15) is 28.9 Å². The number of nitro benzene ring substituents is 1. The van der Waals surface area contributed by atoms with Crippen molar-refractivity contribution >= 4 is 33.3 Å². The molecular weight excluding hydrogens is 590 g/mol. The fraction of sp³-hybridized carbons (Fsp3) is 0.138. The highest BCUT2D eigenvalue weighted by atomic mass is 79.9. The first kappa shape index (κ1) is 28.5. The number of carbonyl (C=O) groups is 1. The van der Waals surface area contributed by atoms with E-state index in [9.17, 15) is 23.7 Å². The number of carboxylic acid groups (broad SMARTS) is 1. The summed E-state index contributed by atoms with van der Waals surface area (Å²) in [4.78, 5) is 23.7. The molecule has 0 aromatic heterocycles. The SMILES string of the molecule is Cc1c(N(Cc2ccc(Oc3ccc(Br)c(OCC(=O)O)c3)cc2)Cc2ccc(F)cc2F)cccc1[N+](=O)[O-]. The highest BCUT2D eigenvalue weighted by molar-refractivity contribution is 9.10. The van der Waals surface area contributed by atoms with E-state index in [1.54, 1.807) is 66.4 Å². The first-order valence-electron chi connectivity index (χ1n) is 11.9. The normalized spacial score (nSPS) is 10.7. The summed E-state index contributed by atoms with van der Waals surface area (Å²) in [5.74, 6) is -1.27. The maximum Gasteiger partial charge on any atom is 0.341 e. The molecule has 206 valence electrons. The van der Waals surface area contributed by atoms with Gasteiger partial charge >= 0.3 is 5.97 Å². The quantitative estimate of drug-likeness (QED) is 0.139. The molecule has 0 radical (unpaired) electrons. The minimum Gasteiger partial charge on any atom is -0.481 e. The van der Waals surface area contributed by atoms with Crippen LogP contribution in [0.15, 0.2) is 83.3 Å². The van der Waals surface area contributed by atoms with Gasteiger partial charge in [0.2, 0.25) is 0 Å². The van der Waals surface area contributed by atoms with Crippen LogP contribution in [0.2, 0.25) is 0 Å². The van der Waals surface area contributed by atoms with E-state index in [0.29, 0.717) is 33.0 Å². The average molecular weight is 613 g/mol. The lowest BCUT2D eigenvalue weighted by molar-refractivity contribution is -0.385. The molecule has 40 heavy (non-hydrogen) atoms. The van der Waals surface area contributed by atoms with E-state index in [4.69, 9.17) is 14.6 Å². The smallest absolute Gasteiger partial charge is 0.341 e. The lowest BCUT2D eigenvalue weighted by atomic mass is 10.1. The van der Waals surface area contributed by atoms with Crippen LogP contribution in [-0.2, 0) is 17.9 Å². The van der Waals surface area contributed by atoms with E-state index in [-0.39, 0.29) is 24.3 Å². The van der Waals surface area contributed by atoms with Crippen molar-refractivity contribution in [1.29, 1.82) is 0 Å². The van der Waals surface area contributed by atoms with Crippen LogP contribution in [0.3, 0.4) is 0 Å². The topological polar surface area (TPSA) is 102 Å². The van der Waals surface area contributed by atoms with Crippen molar-refractivity contribution in [1.82, 2.24) is 0 Å². The van der Waals surface area contributed by atoms with Crippen molar-refractivity contribution in [3.63, 3.8) is 0 Å². The number of hydrogen-bond donors (Lipinski definition) is 1. The van der Waals surface area contributed by atoms with Gasteiger partial charge in [0.05, 0.1) is 15.0 Å². The number of hydrogen-bond acceptors (Lipinski definition) is 6. The van der Waals surface area contributed by atoms with Gasteiger partial charge in [-0.15, -0.1) is 0 Å². The van der Waals surface area contributed by atoms with Gasteiger partial charge in [-0.1, -0.05) is 24.3 Å². The Balaban J connectivity index is 1.57. The third-order valence-electron chi connectivity index (χ3n) is 5.98. The first-order valence-corrected chi connectivity index (χ1v) is 12.7. The van der Waals surface area contributed by atoms with E-state index in [0.717, 1.165) is 11.6 Å². The van der Waals surface area contributed by atoms with Gasteiger partial charge in [-0.2, -0.15) is 0 Å². The van der Waals surface area contributed by atoms with E-state index in [1.165, 1.54) is 18.2 Å². The van der Waals surface area contributed by atoms with Crippen LogP contribution in [0.5, 0.6) is 17.2 Å². The molecule has 1 N–H and O–H groups in total. The van der Waals surface area contributed by atoms with E-state index in [2.05, 4.69) is 15.9 Å². The van der Waals surface area contributed by atoms with Gasteiger partial charge in [0, 0.05) is 42.5 Å². The van der Waals surface area contributed by atoms with Crippen LogP contribution in [0.4, 0.5) is 20.2 Å². The van der Waals surface area contributed by atoms with Crippen molar-refractivity contribution in [2.24, 2.45) is 0 Å². The van der Waals surface area contributed by atoms with Gasteiger partial charge in [-0.05, 0) is 64.8 Å². The van der Waals surface area contributed by atoms with Gasteiger partial charge in [0.25, 0.3) is 5.69 Å². The minimum absolute atomic E-state index is 0.0460. The summed E-state index contributed by atoms with van der Waals surface area (Å²) in [5, 5.41) is 20.4. The molecule has 4 aromatic rings. The summed E-state index contributed by atoms with van der Waals surface area (Å²) in [6, 6.07) is 20.0. The summed E-state index contributed by atoms with van der Waals surface area (Å²) >= 11 is 3.31. The zero-order chi connectivity index (χ0) is 28.8. The Bertz CT molecular complexity index is 1550. The summed E-state index contributed by atoms with van der Waals surface area (Å²) in [7, 11) is 0. The number of nitrogens with zero attached hydrogens (tertiary/aromatic N) is 2. The maximum atomic E-state index is 14.5. The molecule has 0 atom stereocenters. The third kappa shape index (κ3) is 7.11. The van der Waals surface area contributed by atoms with E-state index >= 15 is 0 Å². The zero-order valence-corrected chi connectivity index (χ0v) is 22.7. The second kappa shape index (κ2) is 12.6. The second-order valence-corrected chi connectivity index (χ2v) is 9.65. The fourth-order valence-corrected chi connectivity index (χ4v) is 4.41. The summed E-state index contributed by atoms with van der Waals surface area (Å²) in [5.41, 5.74) is 1.95. The Morgan fingerprint density at radius 1 is 1.00 bits per heavy atom. The molecule has 0 aliphatic heterocycles. The van der Waals surface area contributed by atoms with Crippen molar-refractivity contribution in [2.45, 2.75) is 20.0 Å². The van der Waals surface area contributed by atoms with Crippen LogP contribution in [0.25, 0.3) is 0 Å². The molecule has 4 aromatic carbocycles. The van der Waals surface area contributed by atoms with E-state index in [1.807, 2.05) is 0 Å². The molecule has 0 aliphatic carbocycles. The lowest BCUT2D eigenvalue weighted by Gasteiger charge is -2.27. The molecular formula is C29H23BrF2N2O6. The molecule has 8 nitrogen and oxygen atoms in total. The molecule has 0 amide bonds. The maximum absolute atomic E-state index is 14.5. The highest BCUT2D eigenvalue weighted by Crippen LogP contribution is 2.33. The van der Waals surface area contributed by atoms with Crippen molar-refractivity contribution in [3.8, 4) is 17.2 Å². The number of nitro groups is 1. The fourth-order valence-electron chi connectivity index (χ4n) is 4.05. The van der Waals surface area contributed by atoms with Crippen LogP contribution in [-0.4, -0.2) is 22.6 Å². The predicted octanol–water partition coefficient (Wildman–Crippen LogP) is 7.41. The summed E-state index contributed by atoms with van der Waals surface area (Å²) in [6.45, 7) is 1.44. The molecule has 0 aliphatic rings. The Morgan fingerprint density at radius 3 is 2.40 bits per heavy atom. The Kier molecular flexibility index (Phi) is 8.95. The largest absolute Gasteiger partial charge is 0.481 e. The van der Waals surface area contributed by atoms with Gasteiger partial charge in [-0.3, -0.25) is 10.1 Å². The number of aliphatic carboxylic acids is 1. The number of benzene rings is 4. The van der Waals surface area contributed by atoms with E-state index < -0.39 is 29.1 Å². The van der Waals surface area contributed by atoms with Gasteiger partial charge in [-0.25, -0.2) is 13.6 Å². The number of carboxylic acids is 1. The molecule has 0 heterocycles. The molecule has 0 fully saturated rings. The molecule has 4 rings (SSSR count). The average Bonchev–Trinajstić information content (AvgIpc) is 2.91. The van der Waals surface area contributed by atoms with Crippen molar-refractivity contribution in [3.05, 3.63) is 122 Å². The Morgan fingerprint density at radius 2 is 1.73 bits per heavy atom. The van der Waals surface area contributed by atoms with Crippen LogP contribution in [0, 0.1) is 28.7 Å². The van der Waals surface area contributed by atoms with Gasteiger partial charge < -0.3 is 19.5 Å². The number of anilines is 1. The van der Waals surface area contributed by atoms with Gasteiger partial charge in [0.15, 0.2) is 6.61 Å². The number of rotatable bonds is 11. The van der Waals surface area contributed by atoms with Crippen molar-refractivity contribution in [2.75, 3.05) is 11.5 Å². The Hall–Kier alpha value is -4.51. The number of ether oxygens (including phenoxy) is 2. The number of halogens is 3. The standard InChI is InChI=1S/C29H23BrF2N2O6/c1-18-26(3-2-4-27(18)34(37)38)33(16-20-7-8-21(31)13-25(20)32)15-19-5-9-22(10-6-19)40-23-11-12-24(30)28(14-23)39-17-29(35)36/h2-14H,15-17H2,1H3,(H,35,36). The molecule has 11 heteroatoms. The summed E-state index contributed by atoms with van der Waals surface area (Å²) < 4.78 is 39.8. The van der Waals surface area contributed by atoms with Crippen LogP contribution < -0.4 is 14.4 Å². The predicted molar refractivity (Wildman–Crippen MR) is 148 cm³/mol. The van der Waals surface area contributed by atoms with Crippen LogP contribution in [0.1, 0.15) is 16.7 Å². The lowest BCUT2D eigenvalue weighted by Crippen LogP contribution is -2.24. The summed E-state index contributed by atoms with van der Waals surface area (Å²) in [6.07, 6.45) is 0. The molecule has 0 bridgehead atoms. The molecule has 0 unspecified atom stereocenters. The monoisotopic (exact) mass is 612 g/mol. The molecule has 0 saturated heterocycles. The zero-order valence-electron chi connectivity index (χ0n) is 21.1. The van der Waals surface area contributed by atoms with Crippen LogP contribution >= 0.6 is 15.9 Å². The highest BCUT2D eigenvalue weighted by Gasteiger charge is 2.20. The third-order valence-corrected chi connectivity index (χ3v) is 6.63. The molecule has 0 spiro atoms. The second-order valence-electron chi connectivity index (χ2n) is 8.79. The Labute approximate surface area is 236 Å². The first-order chi connectivity index (χ1) is 19.1. The minimum atomic E-state index is -1.11. The molecule has 0 saturated carbocycles.